The molecule has 0 radical (unpaired) electrons. The van der Waals surface area contributed by atoms with Gasteiger partial charge in [-0.3, -0.25) is 4.90 Å². The van der Waals surface area contributed by atoms with Gasteiger partial charge in [0, 0.05) is 23.6 Å². The fraction of sp³-hybridized carbons (Fsp3) is 0.350. The predicted octanol–water partition coefficient (Wildman–Crippen LogP) is 5.26. The summed E-state index contributed by atoms with van der Waals surface area (Å²) in [6, 6.07) is 10.0. The summed E-state index contributed by atoms with van der Waals surface area (Å²) in [7, 11) is 1.71. The number of benzene rings is 1. The highest BCUT2D eigenvalue weighted by molar-refractivity contribution is 6.32. The molecule has 26 heavy (non-hydrogen) atoms. The van der Waals surface area contributed by atoms with Gasteiger partial charge < -0.3 is 9.72 Å². The predicted molar refractivity (Wildman–Crippen MR) is 106 cm³/mol. The Labute approximate surface area is 163 Å². The van der Waals surface area contributed by atoms with Gasteiger partial charge in [-0.25, -0.2) is 4.98 Å². The van der Waals surface area contributed by atoms with Gasteiger partial charge in [0.05, 0.1) is 7.11 Å². The third kappa shape index (κ3) is 3.68. The largest absolute Gasteiger partial charge is 0.497 e. The summed E-state index contributed by atoms with van der Waals surface area (Å²) in [5.41, 5.74) is 3.68. The first-order valence-electron chi connectivity index (χ1n) is 8.82. The molecule has 3 heterocycles. The van der Waals surface area contributed by atoms with Gasteiger partial charge in [-0.15, -0.1) is 0 Å². The average molecular weight is 390 g/mol. The standard InChI is InChI=1S/C20H21Cl2N3O/c1-26-15-2-3-18-16(10-15)17(11-23-18)14-4-6-25(7-5-14)12-13-8-19(21)24-20(22)9-13/h2-3,8-11,14,23H,4-7,12H2,1H3. The Morgan fingerprint density at radius 3 is 2.58 bits per heavy atom. The van der Waals surface area contributed by atoms with E-state index in [-0.39, 0.29) is 0 Å². The Morgan fingerprint density at radius 2 is 1.88 bits per heavy atom. The van der Waals surface area contributed by atoms with Crippen LogP contribution in [0.4, 0.5) is 0 Å². The molecular weight excluding hydrogens is 369 g/mol. The van der Waals surface area contributed by atoms with Crippen molar-refractivity contribution in [1.82, 2.24) is 14.9 Å². The number of piperidine rings is 1. The van der Waals surface area contributed by atoms with E-state index in [2.05, 4.69) is 33.2 Å². The Hall–Kier alpha value is -1.75. The molecule has 1 saturated heterocycles. The van der Waals surface area contributed by atoms with Crippen molar-refractivity contribution in [2.75, 3.05) is 20.2 Å². The lowest BCUT2D eigenvalue weighted by Gasteiger charge is -2.32. The molecule has 1 aliphatic heterocycles. The minimum absolute atomic E-state index is 0.454. The van der Waals surface area contributed by atoms with Crippen LogP contribution in [0.3, 0.4) is 0 Å². The van der Waals surface area contributed by atoms with E-state index >= 15 is 0 Å². The smallest absolute Gasteiger partial charge is 0.131 e. The van der Waals surface area contributed by atoms with Crippen LogP contribution in [-0.2, 0) is 6.54 Å². The van der Waals surface area contributed by atoms with Crippen molar-refractivity contribution in [1.29, 1.82) is 0 Å². The van der Waals surface area contributed by atoms with Gasteiger partial charge in [-0.1, -0.05) is 23.2 Å². The number of ether oxygens (including phenoxy) is 1. The van der Waals surface area contributed by atoms with Gasteiger partial charge in [0.15, 0.2) is 0 Å². The summed E-state index contributed by atoms with van der Waals surface area (Å²) in [5, 5.41) is 2.18. The third-order valence-electron chi connectivity index (χ3n) is 5.18. The van der Waals surface area contributed by atoms with Gasteiger partial charge in [-0.05, 0) is 73.3 Å². The van der Waals surface area contributed by atoms with E-state index in [1.54, 1.807) is 7.11 Å². The van der Waals surface area contributed by atoms with E-state index in [9.17, 15) is 0 Å². The van der Waals surface area contributed by atoms with E-state index in [0.717, 1.165) is 43.8 Å². The molecule has 4 nitrogen and oxygen atoms in total. The van der Waals surface area contributed by atoms with Crippen molar-refractivity contribution in [3.05, 3.63) is 58.0 Å². The van der Waals surface area contributed by atoms with Crippen LogP contribution in [-0.4, -0.2) is 35.1 Å². The summed E-state index contributed by atoms with van der Waals surface area (Å²) in [4.78, 5) is 9.86. The van der Waals surface area contributed by atoms with Crippen LogP contribution in [0.5, 0.6) is 5.75 Å². The number of pyridine rings is 1. The van der Waals surface area contributed by atoms with E-state index in [1.807, 2.05) is 18.2 Å². The highest BCUT2D eigenvalue weighted by Crippen LogP contribution is 2.35. The molecule has 1 aromatic carbocycles. The van der Waals surface area contributed by atoms with Crippen molar-refractivity contribution < 1.29 is 4.74 Å². The number of hydrogen-bond acceptors (Lipinski definition) is 3. The van der Waals surface area contributed by atoms with Crippen LogP contribution in [0.15, 0.2) is 36.5 Å². The van der Waals surface area contributed by atoms with Crippen molar-refractivity contribution in [3.8, 4) is 5.75 Å². The molecule has 136 valence electrons. The zero-order chi connectivity index (χ0) is 18.1. The van der Waals surface area contributed by atoms with Gasteiger partial charge in [0.25, 0.3) is 0 Å². The Bertz CT molecular complexity index is 896. The van der Waals surface area contributed by atoms with Crippen molar-refractivity contribution in [2.24, 2.45) is 0 Å². The molecule has 4 rings (SSSR count). The van der Waals surface area contributed by atoms with E-state index in [4.69, 9.17) is 27.9 Å². The fourth-order valence-corrected chi connectivity index (χ4v) is 4.36. The van der Waals surface area contributed by atoms with Crippen LogP contribution >= 0.6 is 23.2 Å². The third-order valence-corrected chi connectivity index (χ3v) is 5.56. The molecule has 6 heteroatoms. The zero-order valence-electron chi connectivity index (χ0n) is 14.6. The Kier molecular flexibility index (Phi) is 5.07. The molecule has 1 aliphatic rings. The second-order valence-electron chi connectivity index (χ2n) is 6.83. The molecule has 0 aliphatic carbocycles. The molecule has 2 aromatic heterocycles. The molecule has 3 aromatic rings. The first-order valence-corrected chi connectivity index (χ1v) is 9.57. The SMILES string of the molecule is COc1ccc2[nH]cc(C3CCN(Cc4cc(Cl)nc(Cl)c4)CC3)c2c1. The number of hydrogen-bond donors (Lipinski definition) is 1. The quantitative estimate of drug-likeness (QED) is 0.618. The van der Waals surface area contributed by atoms with Crippen molar-refractivity contribution in [2.45, 2.75) is 25.3 Å². The van der Waals surface area contributed by atoms with Gasteiger partial charge in [0.2, 0.25) is 0 Å². The number of rotatable bonds is 4. The number of nitrogens with zero attached hydrogens (tertiary/aromatic N) is 2. The summed E-state index contributed by atoms with van der Waals surface area (Å²) in [6.45, 7) is 2.97. The van der Waals surface area contributed by atoms with Crippen LogP contribution in [0.2, 0.25) is 10.3 Å². The monoisotopic (exact) mass is 389 g/mol. The maximum Gasteiger partial charge on any atom is 0.131 e. The summed E-state index contributed by atoms with van der Waals surface area (Å²) in [6.07, 6.45) is 4.43. The van der Waals surface area contributed by atoms with E-state index < -0.39 is 0 Å². The summed E-state index contributed by atoms with van der Waals surface area (Å²) >= 11 is 12.0. The minimum atomic E-state index is 0.454. The number of H-pyrrole nitrogens is 1. The fourth-order valence-electron chi connectivity index (χ4n) is 3.85. The van der Waals surface area contributed by atoms with Crippen molar-refractivity contribution >= 4 is 34.1 Å². The van der Waals surface area contributed by atoms with Crippen LogP contribution in [0.25, 0.3) is 10.9 Å². The lowest BCUT2D eigenvalue weighted by atomic mass is 9.89. The lowest BCUT2D eigenvalue weighted by Crippen LogP contribution is -2.32. The number of aromatic amines is 1. The highest BCUT2D eigenvalue weighted by Gasteiger charge is 2.23. The highest BCUT2D eigenvalue weighted by atomic mass is 35.5. The second-order valence-corrected chi connectivity index (χ2v) is 7.60. The number of nitrogens with one attached hydrogen (secondary N) is 1. The molecule has 0 atom stereocenters. The summed E-state index contributed by atoms with van der Waals surface area (Å²) < 4.78 is 5.39. The maximum absolute atomic E-state index is 6.01. The molecule has 0 spiro atoms. The van der Waals surface area contributed by atoms with Crippen LogP contribution in [0.1, 0.15) is 29.9 Å². The topological polar surface area (TPSA) is 41.1 Å². The molecule has 0 amide bonds. The molecule has 0 unspecified atom stereocenters. The first-order chi connectivity index (χ1) is 12.6. The number of methoxy groups -OCH3 is 1. The molecule has 0 bridgehead atoms. The zero-order valence-corrected chi connectivity index (χ0v) is 16.1. The van der Waals surface area contributed by atoms with Gasteiger partial charge in [-0.2, -0.15) is 0 Å². The van der Waals surface area contributed by atoms with Crippen molar-refractivity contribution in [3.63, 3.8) is 0 Å². The Balaban J connectivity index is 1.45. The normalized spacial score (nSPS) is 16.3. The molecule has 1 fully saturated rings. The Morgan fingerprint density at radius 1 is 1.15 bits per heavy atom. The van der Waals surface area contributed by atoms with Crippen LogP contribution < -0.4 is 4.74 Å². The second kappa shape index (κ2) is 7.47. The number of halogens is 2. The molecular formula is C20H21Cl2N3O. The van der Waals surface area contributed by atoms with Crippen LogP contribution in [0, 0.1) is 0 Å². The molecule has 0 saturated carbocycles. The van der Waals surface area contributed by atoms with E-state index in [0.29, 0.717) is 16.2 Å². The lowest BCUT2D eigenvalue weighted by molar-refractivity contribution is 0.205. The average Bonchev–Trinajstić information content (AvgIpc) is 3.04. The molecule has 1 N–H and O–H groups in total. The van der Waals surface area contributed by atoms with Gasteiger partial charge >= 0.3 is 0 Å². The number of likely N-dealkylation sites (tertiary alicyclic amines) is 1. The van der Waals surface area contributed by atoms with E-state index in [1.165, 1.54) is 16.5 Å². The summed E-state index contributed by atoms with van der Waals surface area (Å²) in [5.74, 6) is 1.47. The number of fused-ring (bicyclic) bond motifs is 1. The maximum atomic E-state index is 6.01. The first kappa shape index (κ1) is 17.7. The number of aromatic nitrogens is 2. The van der Waals surface area contributed by atoms with Gasteiger partial charge in [0.1, 0.15) is 16.1 Å². The minimum Gasteiger partial charge on any atom is -0.497 e.